The molecular weight excluding hydrogens is 298 g/mol. The first kappa shape index (κ1) is 14.9. The van der Waals surface area contributed by atoms with Gasteiger partial charge in [-0.1, -0.05) is 12.6 Å². The number of aromatic nitrogens is 3. The highest BCUT2D eigenvalue weighted by Crippen LogP contribution is 2.27. The lowest BCUT2D eigenvalue weighted by molar-refractivity contribution is 0.588. The number of nitrogens with one attached hydrogen (secondary N) is 1. The normalized spacial score (nSPS) is 15.0. The van der Waals surface area contributed by atoms with Crippen molar-refractivity contribution < 1.29 is 0 Å². The van der Waals surface area contributed by atoms with Crippen molar-refractivity contribution in [2.24, 2.45) is 0 Å². The maximum absolute atomic E-state index is 4.59. The molecule has 0 saturated carbocycles. The average molecular weight is 319 g/mol. The summed E-state index contributed by atoms with van der Waals surface area (Å²) in [6, 6.07) is 10.5. The second-order valence-electron chi connectivity index (χ2n) is 6.11. The molecule has 0 amide bonds. The summed E-state index contributed by atoms with van der Waals surface area (Å²) in [7, 11) is 0. The number of fused-ring (bicyclic) bond motifs is 1. The lowest BCUT2D eigenvalue weighted by Gasteiger charge is -2.30. The molecule has 24 heavy (non-hydrogen) atoms. The molecule has 0 radical (unpaired) electrons. The zero-order chi connectivity index (χ0) is 16.5. The highest BCUT2D eigenvalue weighted by Gasteiger charge is 2.14. The van der Waals surface area contributed by atoms with Crippen LogP contribution in [0.4, 0.5) is 5.69 Å². The van der Waals surface area contributed by atoms with Crippen LogP contribution in [-0.2, 0) is 0 Å². The predicted molar refractivity (Wildman–Crippen MR) is 98.3 cm³/mol. The van der Waals surface area contributed by atoms with Crippen molar-refractivity contribution in [3.63, 3.8) is 0 Å². The molecule has 3 heterocycles. The summed E-state index contributed by atoms with van der Waals surface area (Å²) in [5.41, 5.74) is 6.42. The van der Waals surface area contributed by atoms with Gasteiger partial charge in [-0.05, 0) is 42.8 Å². The largest absolute Gasteiger partial charge is 0.369 e. The van der Waals surface area contributed by atoms with Crippen LogP contribution in [0.3, 0.4) is 0 Å². The summed E-state index contributed by atoms with van der Waals surface area (Å²) in [4.78, 5) is 6.90. The third kappa shape index (κ3) is 2.57. The van der Waals surface area contributed by atoms with Crippen LogP contribution < -0.4 is 10.2 Å². The summed E-state index contributed by atoms with van der Waals surface area (Å²) in [5.74, 6) is 0. The fourth-order valence-electron chi connectivity index (χ4n) is 3.27. The van der Waals surface area contributed by atoms with Gasteiger partial charge < -0.3 is 10.2 Å². The van der Waals surface area contributed by atoms with Gasteiger partial charge in [-0.25, -0.2) is 9.50 Å². The van der Waals surface area contributed by atoms with Crippen molar-refractivity contribution >= 4 is 17.4 Å². The van der Waals surface area contributed by atoms with Gasteiger partial charge in [-0.15, -0.1) is 0 Å². The van der Waals surface area contributed by atoms with E-state index in [1.165, 1.54) is 11.3 Å². The molecule has 2 aromatic heterocycles. The van der Waals surface area contributed by atoms with Crippen LogP contribution in [0, 0.1) is 6.92 Å². The zero-order valence-electron chi connectivity index (χ0n) is 13.9. The molecule has 3 aromatic rings. The van der Waals surface area contributed by atoms with Gasteiger partial charge in [0.15, 0.2) is 5.65 Å². The van der Waals surface area contributed by atoms with E-state index >= 15 is 0 Å². The number of benzene rings is 1. The van der Waals surface area contributed by atoms with E-state index in [9.17, 15) is 0 Å². The van der Waals surface area contributed by atoms with Gasteiger partial charge in [0.05, 0.1) is 17.6 Å². The maximum atomic E-state index is 4.59. The highest BCUT2D eigenvalue weighted by atomic mass is 15.3. The van der Waals surface area contributed by atoms with E-state index in [0.29, 0.717) is 0 Å². The number of nitrogens with zero attached hydrogens (tertiary/aromatic N) is 4. The third-order valence-corrected chi connectivity index (χ3v) is 4.54. The van der Waals surface area contributed by atoms with Crippen molar-refractivity contribution in [3.05, 3.63) is 54.4 Å². The number of aryl methyl sites for hydroxylation is 1. The number of piperazine rings is 1. The standard InChI is InChI=1S/C19H21N5/c1-3-16-5-7-19-21-13-18(24(19)22-16)15-4-6-17(14(2)12-15)23-10-8-20-9-11-23/h3-7,12-13,20H,1,8-11H2,2H3. The summed E-state index contributed by atoms with van der Waals surface area (Å²) in [5, 5.41) is 7.99. The Balaban J connectivity index is 1.74. The fourth-order valence-corrected chi connectivity index (χ4v) is 3.27. The summed E-state index contributed by atoms with van der Waals surface area (Å²) < 4.78 is 1.89. The van der Waals surface area contributed by atoms with Gasteiger partial charge in [0.2, 0.25) is 0 Å². The molecule has 1 N–H and O–H groups in total. The van der Waals surface area contributed by atoms with E-state index in [1.54, 1.807) is 6.08 Å². The van der Waals surface area contributed by atoms with Crippen LogP contribution in [0.15, 0.2) is 43.1 Å². The summed E-state index contributed by atoms with van der Waals surface area (Å²) in [6.07, 6.45) is 3.64. The monoisotopic (exact) mass is 319 g/mol. The summed E-state index contributed by atoms with van der Waals surface area (Å²) in [6.45, 7) is 10.2. The SMILES string of the molecule is C=Cc1ccc2ncc(-c3ccc(N4CCNCC4)c(C)c3)n2n1. The van der Waals surface area contributed by atoms with E-state index in [4.69, 9.17) is 0 Å². The first-order valence-electron chi connectivity index (χ1n) is 8.30. The van der Waals surface area contributed by atoms with Crippen molar-refractivity contribution in [2.75, 3.05) is 31.1 Å². The highest BCUT2D eigenvalue weighted by molar-refractivity contribution is 5.68. The molecule has 0 unspecified atom stereocenters. The number of hydrogen-bond acceptors (Lipinski definition) is 4. The van der Waals surface area contributed by atoms with Gasteiger partial charge in [0.25, 0.3) is 0 Å². The first-order valence-corrected chi connectivity index (χ1v) is 8.30. The molecule has 1 aliphatic rings. The van der Waals surface area contributed by atoms with Crippen LogP contribution in [0.2, 0.25) is 0 Å². The second kappa shape index (κ2) is 6.09. The van der Waals surface area contributed by atoms with Crippen LogP contribution >= 0.6 is 0 Å². The van der Waals surface area contributed by atoms with Crippen LogP contribution in [0.25, 0.3) is 23.0 Å². The lowest BCUT2D eigenvalue weighted by atomic mass is 10.1. The van der Waals surface area contributed by atoms with E-state index in [0.717, 1.165) is 48.8 Å². The van der Waals surface area contributed by atoms with Crippen LogP contribution in [0.1, 0.15) is 11.3 Å². The van der Waals surface area contributed by atoms with Crippen LogP contribution in [0.5, 0.6) is 0 Å². The lowest BCUT2D eigenvalue weighted by Crippen LogP contribution is -2.43. The summed E-state index contributed by atoms with van der Waals surface area (Å²) >= 11 is 0. The van der Waals surface area contributed by atoms with Crippen molar-refractivity contribution in [1.29, 1.82) is 0 Å². The van der Waals surface area contributed by atoms with Gasteiger partial charge in [0, 0.05) is 37.4 Å². The second-order valence-corrected chi connectivity index (χ2v) is 6.11. The van der Waals surface area contributed by atoms with Gasteiger partial charge in [-0.3, -0.25) is 0 Å². The molecule has 122 valence electrons. The smallest absolute Gasteiger partial charge is 0.154 e. The molecule has 1 fully saturated rings. The molecule has 5 heteroatoms. The number of hydrogen-bond donors (Lipinski definition) is 1. The molecule has 0 aliphatic carbocycles. The molecule has 1 aromatic carbocycles. The number of anilines is 1. The Hall–Kier alpha value is -2.66. The van der Waals surface area contributed by atoms with Gasteiger partial charge >= 0.3 is 0 Å². The zero-order valence-corrected chi connectivity index (χ0v) is 13.9. The Labute approximate surface area is 141 Å². The Bertz CT molecular complexity index is 890. The Kier molecular flexibility index (Phi) is 3.78. The van der Waals surface area contributed by atoms with E-state index in [1.807, 2.05) is 22.8 Å². The Morgan fingerprint density at radius 1 is 1.17 bits per heavy atom. The number of imidazole rings is 1. The quantitative estimate of drug-likeness (QED) is 0.806. The van der Waals surface area contributed by atoms with Crippen LogP contribution in [-0.4, -0.2) is 40.8 Å². The topological polar surface area (TPSA) is 45.5 Å². The van der Waals surface area contributed by atoms with Gasteiger partial charge in [0.1, 0.15) is 0 Å². The average Bonchev–Trinajstić information content (AvgIpc) is 3.05. The molecule has 0 atom stereocenters. The van der Waals surface area contributed by atoms with E-state index in [-0.39, 0.29) is 0 Å². The first-order chi connectivity index (χ1) is 11.8. The molecule has 0 bridgehead atoms. The molecule has 1 aliphatic heterocycles. The predicted octanol–water partition coefficient (Wildman–Crippen LogP) is 2.76. The Morgan fingerprint density at radius 2 is 2.00 bits per heavy atom. The molecule has 0 spiro atoms. The fraction of sp³-hybridized carbons (Fsp3) is 0.263. The molecule has 4 rings (SSSR count). The van der Waals surface area contributed by atoms with Crippen molar-refractivity contribution in [2.45, 2.75) is 6.92 Å². The third-order valence-electron chi connectivity index (χ3n) is 4.54. The van der Waals surface area contributed by atoms with Gasteiger partial charge in [-0.2, -0.15) is 5.10 Å². The Morgan fingerprint density at radius 3 is 2.75 bits per heavy atom. The minimum Gasteiger partial charge on any atom is -0.369 e. The minimum absolute atomic E-state index is 0.843. The minimum atomic E-state index is 0.843. The van der Waals surface area contributed by atoms with Crippen molar-refractivity contribution in [3.8, 4) is 11.3 Å². The number of rotatable bonds is 3. The molecular formula is C19H21N5. The van der Waals surface area contributed by atoms with Crippen molar-refractivity contribution in [1.82, 2.24) is 19.9 Å². The molecule has 1 saturated heterocycles. The van der Waals surface area contributed by atoms with E-state index < -0.39 is 0 Å². The molecule has 5 nitrogen and oxygen atoms in total. The maximum Gasteiger partial charge on any atom is 0.154 e. The van der Waals surface area contributed by atoms with E-state index in [2.05, 4.69) is 52.0 Å².